The molecule has 88 valence electrons. The predicted molar refractivity (Wildman–Crippen MR) is 66.4 cm³/mol. The number of hydrogen-bond donors (Lipinski definition) is 1. The fourth-order valence-corrected chi connectivity index (χ4v) is 1.60. The first-order chi connectivity index (χ1) is 8.22. The van der Waals surface area contributed by atoms with Crippen molar-refractivity contribution in [3.8, 4) is 0 Å². The Balaban J connectivity index is 2.35. The maximum atomic E-state index is 11.5. The van der Waals surface area contributed by atoms with Gasteiger partial charge in [0, 0.05) is 11.0 Å². The third kappa shape index (κ3) is 2.36. The molecule has 0 spiro atoms. The summed E-state index contributed by atoms with van der Waals surface area (Å²) in [5, 5.41) is 8.08. The van der Waals surface area contributed by atoms with Crippen molar-refractivity contribution in [1.29, 1.82) is 0 Å². The van der Waals surface area contributed by atoms with Gasteiger partial charge in [-0.15, -0.1) is 0 Å². The average molecular weight is 230 g/mol. The van der Waals surface area contributed by atoms with Gasteiger partial charge in [-0.2, -0.15) is 5.10 Å². The molecule has 0 bridgehead atoms. The molecule has 0 fully saturated rings. The van der Waals surface area contributed by atoms with Crippen molar-refractivity contribution in [2.45, 2.75) is 13.8 Å². The van der Waals surface area contributed by atoms with Crippen molar-refractivity contribution in [2.24, 2.45) is 0 Å². The molecule has 4 heteroatoms. The zero-order valence-corrected chi connectivity index (χ0v) is 9.86. The van der Waals surface area contributed by atoms with Gasteiger partial charge in [0.1, 0.15) is 0 Å². The van der Waals surface area contributed by atoms with Gasteiger partial charge in [0.15, 0.2) is 0 Å². The van der Waals surface area contributed by atoms with Crippen molar-refractivity contribution in [3.05, 3.63) is 35.5 Å². The minimum Gasteiger partial charge on any atom is -0.463 e. The van der Waals surface area contributed by atoms with E-state index < -0.39 is 0 Å². The van der Waals surface area contributed by atoms with Gasteiger partial charge >= 0.3 is 5.97 Å². The summed E-state index contributed by atoms with van der Waals surface area (Å²) in [5.41, 5.74) is 2.26. The lowest BCUT2D eigenvalue weighted by atomic mass is 10.1. The summed E-state index contributed by atoms with van der Waals surface area (Å²) < 4.78 is 4.92. The van der Waals surface area contributed by atoms with Gasteiger partial charge in [0.25, 0.3) is 0 Å². The number of para-hydroxylation sites is 1. The fraction of sp³-hybridized carbons (Fsp3) is 0.231. The number of esters is 1. The van der Waals surface area contributed by atoms with Gasteiger partial charge in [-0.1, -0.05) is 18.2 Å². The molecule has 0 saturated carbocycles. The van der Waals surface area contributed by atoms with E-state index in [4.69, 9.17) is 4.74 Å². The Hall–Kier alpha value is -2.10. The number of benzene rings is 1. The number of carbonyl (C=O) groups excluding carboxylic acids is 1. The monoisotopic (exact) mass is 230 g/mol. The van der Waals surface area contributed by atoms with Gasteiger partial charge in [-0.3, -0.25) is 5.10 Å². The molecule has 4 nitrogen and oxygen atoms in total. The molecule has 0 aliphatic carbocycles. The highest BCUT2D eigenvalue weighted by atomic mass is 16.5. The quantitative estimate of drug-likeness (QED) is 0.651. The molecule has 0 saturated heterocycles. The highest BCUT2D eigenvalue weighted by molar-refractivity contribution is 5.96. The number of nitrogens with zero attached hydrogens (tertiary/aromatic N) is 1. The largest absolute Gasteiger partial charge is 0.463 e. The van der Waals surface area contributed by atoms with E-state index in [1.807, 2.05) is 24.3 Å². The molecule has 0 atom stereocenters. The number of aromatic amines is 1. The Morgan fingerprint density at radius 2 is 2.24 bits per heavy atom. The van der Waals surface area contributed by atoms with Crippen LogP contribution >= 0.6 is 0 Å². The Bertz CT molecular complexity index is 570. The van der Waals surface area contributed by atoms with E-state index in [0.29, 0.717) is 12.2 Å². The van der Waals surface area contributed by atoms with Gasteiger partial charge in [0.05, 0.1) is 17.8 Å². The molecule has 1 aromatic heterocycles. The summed E-state index contributed by atoms with van der Waals surface area (Å²) in [6.07, 6.45) is 1.73. The van der Waals surface area contributed by atoms with Crippen molar-refractivity contribution < 1.29 is 9.53 Å². The van der Waals surface area contributed by atoms with E-state index in [-0.39, 0.29) is 5.97 Å². The van der Waals surface area contributed by atoms with Crippen LogP contribution in [0.1, 0.15) is 19.5 Å². The minimum absolute atomic E-state index is 0.306. The van der Waals surface area contributed by atoms with Crippen LogP contribution in [-0.2, 0) is 9.53 Å². The van der Waals surface area contributed by atoms with Crippen LogP contribution in [-0.4, -0.2) is 22.8 Å². The Labute approximate surface area is 99.3 Å². The third-order valence-electron chi connectivity index (χ3n) is 2.45. The molecule has 0 radical (unpaired) electrons. The van der Waals surface area contributed by atoms with Crippen molar-refractivity contribution in [1.82, 2.24) is 10.2 Å². The van der Waals surface area contributed by atoms with E-state index >= 15 is 0 Å². The van der Waals surface area contributed by atoms with Gasteiger partial charge in [0.2, 0.25) is 0 Å². The second kappa shape index (κ2) is 4.82. The first kappa shape index (κ1) is 11.4. The number of H-pyrrole nitrogens is 1. The normalized spacial score (nSPS) is 11.8. The molecule has 0 aliphatic rings. The van der Waals surface area contributed by atoms with Crippen molar-refractivity contribution >= 4 is 22.9 Å². The van der Waals surface area contributed by atoms with Crippen LogP contribution < -0.4 is 0 Å². The molecule has 2 rings (SSSR count). The van der Waals surface area contributed by atoms with Crippen LogP contribution in [0, 0.1) is 0 Å². The average Bonchev–Trinajstić information content (AvgIpc) is 2.73. The van der Waals surface area contributed by atoms with Crippen LogP contribution in [0.3, 0.4) is 0 Å². The summed E-state index contributed by atoms with van der Waals surface area (Å²) in [6, 6.07) is 7.78. The maximum Gasteiger partial charge on any atom is 0.333 e. The second-order valence-corrected chi connectivity index (χ2v) is 3.70. The number of carbonyl (C=O) groups is 1. The molecule has 1 aromatic carbocycles. The van der Waals surface area contributed by atoms with E-state index in [1.54, 1.807) is 19.9 Å². The standard InChI is InChI=1S/C13H14N2O2/c1-3-17-13(16)9(2)8-12-10-6-4-5-7-11(10)14-15-12/h4-8H,3H2,1-2H3,(H,14,15)/b9-8+. The second-order valence-electron chi connectivity index (χ2n) is 3.70. The highest BCUT2D eigenvalue weighted by Gasteiger charge is 2.07. The summed E-state index contributed by atoms with van der Waals surface area (Å²) in [7, 11) is 0. The third-order valence-corrected chi connectivity index (χ3v) is 2.45. The van der Waals surface area contributed by atoms with E-state index in [0.717, 1.165) is 16.6 Å². The fourth-order valence-electron chi connectivity index (χ4n) is 1.60. The van der Waals surface area contributed by atoms with Crippen molar-refractivity contribution in [2.75, 3.05) is 6.61 Å². The van der Waals surface area contributed by atoms with Crippen LogP contribution in [0.4, 0.5) is 0 Å². The molecule has 1 heterocycles. The van der Waals surface area contributed by atoms with Crippen LogP contribution in [0.5, 0.6) is 0 Å². The Morgan fingerprint density at radius 3 is 3.00 bits per heavy atom. The van der Waals surface area contributed by atoms with E-state index in [9.17, 15) is 4.79 Å². The number of fused-ring (bicyclic) bond motifs is 1. The number of nitrogens with one attached hydrogen (secondary N) is 1. The van der Waals surface area contributed by atoms with E-state index in [1.165, 1.54) is 0 Å². The number of ether oxygens (including phenoxy) is 1. The summed E-state index contributed by atoms with van der Waals surface area (Å²) in [4.78, 5) is 11.5. The SMILES string of the molecule is CCOC(=O)/C(C)=C/c1n[nH]c2ccccc12. The zero-order chi connectivity index (χ0) is 12.3. The zero-order valence-electron chi connectivity index (χ0n) is 9.86. The maximum absolute atomic E-state index is 11.5. The molecular formula is C13H14N2O2. The smallest absolute Gasteiger partial charge is 0.333 e. The van der Waals surface area contributed by atoms with Gasteiger partial charge < -0.3 is 4.74 Å². The molecule has 17 heavy (non-hydrogen) atoms. The summed E-state index contributed by atoms with van der Waals surface area (Å²) >= 11 is 0. The Morgan fingerprint density at radius 1 is 1.47 bits per heavy atom. The highest BCUT2D eigenvalue weighted by Crippen LogP contribution is 2.17. The first-order valence-electron chi connectivity index (χ1n) is 5.51. The molecule has 0 amide bonds. The lowest BCUT2D eigenvalue weighted by Crippen LogP contribution is -2.04. The number of hydrogen-bond acceptors (Lipinski definition) is 3. The summed E-state index contributed by atoms with van der Waals surface area (Å²) in [5.74, 6) is -0.306. The van der Waals surface area contributed by atoms with Crippen molar-refractivity contribution in [3.63, 3.8) is 0 Å². The number of rotatable bonds is 3. The molecule has 2 aromatic rings. The number of aromatic nitrogens is 2. The predicted octanol–water partition coefficient (Wildman–Crippen LogP) is 2.53. The van der Waals surface area contributed by atoms with Crippen LogP contribution in [0.15, 0.2) is 29.8 Å². The first-order valence-corrected chi connectivity index (χ1v) is 5.51. The lowest BCUT2D eigenvalue weighted by molar-refractivity contribution is -0.138. The molecular weight excluding hydrogens is 216 g/mol. The molecule has 0 aliphatic heterocycles. The van der Waals surface area contributed by atoms with Gasteiger partial charge in [-0.05, 0) is 26.0 Å². The summed E-state index contributed by atoms with van der Waals surface area (Å²) in [6.45, 7) is 3.89. The minimum atomic E-state index is -0.306. The Kier molecular flexibility index (Phi) is 3.23. The molecule has 0 unspecified atom stereocenters. The van der Waals surface area contributed by atoms with Crippen LogP contribution in [0.25, 0.3) is 17.0 Å². The van der Waals surface area contributed by atoms with Gasteiger partial charge in [-0.25, -0.2) is 4.79 Å². The molecule has 1 N–H and O–H groups in total. The lowest BCUT2D eigenvalue weighted by Gasteiger charge is -2.00. The van der Waals surface area contributed by atoms with Crippen LogP contribution in [0.2, 0.25) is 0 Å². The van der Waals surface area contributed by atoms with E-state index in [2.05, 4.69) is 10.2 Å². The topological polar surface area (TPSA) is 55.0 Å².